The molecule has 0 spiro atoms. The van der Waals surface area contributed by atoms with Crippen LogP contribution in [0.15, 0.2) is 39.9 Å². The van der Waals surface area contributed by atoms with E-state index in [1.54, 1.807) is 17.7 Å². The molecule has 2 N–H and O–H groups in total. The van der Waals surface area contributed by atoms with Gasteiger partial charge in [-0.2, -0.15) is 0 Å². The number of hydrogen-bond donors (Lipinski definition) is 1. The number of hydrogen-bond acceptors (Lipinski definition) is 5. The number of nitrogen functional groups attached to an aromatic ring is 1. The molecule has 1 aliphatic rings. The Balaban J connectivity index is 1.62. The van der Waals surface area contributed by atoms with E-state index in [4.69, 9.17) is 5.73 Å². The second-order valence-corrected chi connectivity index (χ2v) is 6.52. The van der Waals surface area contributed by atoms with Crippen molar-refractivity contribution in [1.29, 1.82) is 0 Å². The Labute approximate surface area is 146 Å². The van der Waals surface area contributed by atoms with E-state index < -0.39 is 0 Å². The first kappa shape index (κ1) is 17.3. The van der Waals surface area contributed by atoms with Gasteiger partial charge in [-0.25, -0.2) is 4.79 Å². The second-order valence-electron chi connectivity index (χ2n) is 6.52. The number of nitrogens with two attached hydrogens (primary N) is 1. The van der Waals surface area contributed by atoms with Crippen LogP contribution < -0.4 is 21.9 Å². The van der Waals surface area contributed by atoms with E-state index in [0.29, 0.717) is 5.82 Å². The molecular formula is C18H25N5O2. The Kier molecular flexibility index (Phi) is 4.94. The van der Waals surface area contributed by atoms with E-state index in [1.807, 2.05) is 18.2 Å². The highest BCUT2D eigenvalue weighted by Gasteiger charge is 2.20. The van der Waals surface area contributed by atoms with Gasteiger partial charge in [0.05, 0.1) is 0 Å². The van der Waals surface area contributed by atoms with Gasteiger partial charge >= 0.3 is 5.69 Å². The third-order valence-corrected chi connectivity index (χ3v) is 4.95. The fraction of sp³-hybridized carbons (Fsp3) is 0.444. The number of para-hydroxylation sites is 1. The molecule has 2 heterocycles. The summed E-state index contributed by atoms with van der Waals surface area (Å²) in [5.41, 5.74) is 7.47. The molecule has 0 amide bonds. The van der Waals surface area contributed by atoms with Gasteiger partial charge in [0.1, 0.15) is 5.82 Å². The van der Waals surface area contributed by atoms with Crippen LogP contribution in [0.25, 0.3) is 0 Å². The fourth-order valence-corrected chi connectivity index (χ4v) is 3.27. The Bertz CT molecular complexity index is 863. The van der Waals surface area contributed by atoms with Crippen LogP contribution >= 0.6 is 0 Å². The van der Waals surface area contributed by atoms with Crippen molar-refractivity contribution >= 4 is 11.5 Å². The van der Waals surface area contributed by atoms with Crippen molar-refractivity contribution in [3.05, 3.63) is 56.7 Å². The molecule has 0 bridgehead atoms. The first-order valence-corrected chi connectivity index (χ1v) is 8.55. The first-order valence-electron chi connectivity index (χ1n) is 8.55. The molecule has 1 fully saturated rings. The summed E-state index contributed by atoms with van der Waals surface area (Å²) in [6, 6.07) is 9.51. The van der Waals surface area contributed by atoms with Crippen LogP contribution in [0.2, 0.25) is 0 Å². The van der Waals surface area contributed by atoms with Gasteiger partial charge in [0.2, 0.25) is 0 Å². The summed E-state index contributed by atoms with van der Waals surface area (Å²) < 4.78 is 2.67. The van der Waals surface area contributed by atoms with Crippen LogP contribution in [0.4, 0.5) is 11.5 Å². The van der Waals surface area contributed by atoms with Gasteiger partial charge in [0.15, 0.2) is 0 Å². The summed E-state index contributed by atoms with van der Waals surface area (Å²) in [6.07, 6.45) is 0.928. The molecule has 7 heteroatoms. The molecule has 7 nitrogen and oxygen atoms in total. The molecule has 0 radical (unpaired) electrons. The highest BCUT2D eigenvalue weighted by molar-refractivity contribution is 5.46. The van der Waals surface area contributed by atoms with Gasteiger partial charge in [-0.3, -0.25) is 18.8 Å². The molecule has 1 saturated heterocycles. The number of aromatic nitrogens is 2. The molecule has 3 rings (SSSR count). The van der Waals surface area contributed by atoms with E-state index >= 15 is 0 Å². The molecule has 1 aromatic carbocycles. The van der Waals surface area contributed by atoms with Gasteiger partial charge in [-0.05, 0) is 18.1 Å². The SMILES string of the molecule is Cn1c(N2CCN(CCc3ccccc3N)CC2)cc(=O)n(C)c1=O. The van der Waals surface area contributed by atoms with Gasteiger partial charge in [0.25, 0.3) is 5.56 Å². The van der Waals surface area contributed by atoms with Gasteiger partial charge < -0.3 is 10.6 Å². The molecule has 2 aromatic rings. The lowest BCUT2D eigenvalue weighted by Gasteiger charge is -2.36. The summed E-state index contributed by atoms with van der Waals surface area (Å²) in [5, 5.41) is 0. The lowest BCUT2D eigenvalue weighted by atomic mass is 10.1. The average molecular weight is 343 g/mol. The van der Waals surface area contributed by atoms with E-state index in [9.17, 15) is 9.59 Å². The van der Waals surface area contributed by atoms with Crippen molar-refractivity contribution in [1.82, 2.24) is 14.0 Å². The Hall–Kier alpha value is -2.54. The largest absolute Gasteiger partial charge is 0.399 e. The number of anilines is 2. The number of rotatable bonds is 4. The van der Waals surface area contributed by atoms with Crippen LogP contribution in [0.1, 0.15) is 5.56 Å². The third kappa shape index (κ3) is 3.61. The minimum absolute atomic E-state index is 0.264. The van der Waals surface area contributed by atoms with Crippen LogP contribution in [0.5, 0.6) is 0 Å². The van der Waals surface area contributed by atoms with E-state index in [0.717, 1.165) is 49.4 Å². The molecule has 1 aliphatic heterocycles. The van der Waals surface area contributed by atoms with Crippen LogP contribution in [-0.4, -0.2) is 46.8 Å². The number of nitrogens with zero attached hydrogens (tertiary/aromatic N) is 4. The fourth-order valence-electron chi connectivity index (χ4n) is 3.27. The standard InChI is InChI=1S/C18H25N5O2/c1-20-16(13-17(24)21(2)18(20)25)23-11-9-22(10-12-23)8-7-14-5-3-4-6-15(14)19/h3-6,13H,7-12,19H2,1-2H3. The van der Waals surface area contributed by atoms with E-state index in [1.165, 1.54) is 12.6 Å². The topological polar surface area (TPSA) is 76.5 Å². The summed E-state index contributed by atoms with van der Waals surface area (Å²) in [4.78, 5) is 28.5. The predicted octanol–water partition coefficient (Wildman–Crippen LogP) is 0.0309. The lowest BCUT2D eigenvalue weighted by Crippen LogP contribution is -2.49. The molecule has 0 aliphatic carbocycles. The molecule has 0 saturated carbocycles. The zero-order chi connectivity index (χ0) is 18.0. The maximum Gasteiger partial charge on any atom is 0.332 e. The number of benzene rings is 1. The quantitative estimate of drug-likeness (QED) is 0.793. The monoisotopic (exact) mass is 343 g/mol. The van der Waals surface area contributed by atoms with Crippen LogP contribution in [-0.2, 0) is 20.5 Å². The summed E-state index contributed by atoms with van der Waals surface area (Å²) in [5.74, 6) is 0.694. The maximum absolute atomic E-state index is 12.1. The van der Waals surface area contributed by atoms with Crippen LogP contribution in [0, 0.1) is 0 Å². The smallest absolute Gasteiger partial charge is 0.332 e. The van der Waals surface area contributed by atoms with Crippen molar-refractivity contribution in [2.24, 2.45) is 14.1 Å². The summed E-state index contributed by atoms with van der Waals surface area (Å²) in [7, 11) is 3.21. The second kappa shape index (κ2) is 7.14. The van der Waals surface area contributed by atoms with Crippen LogP contribution in [0.3, 0.4) is 0 Å². The lowest BCUT2D eigenvalue weighted by molar-refractivity contribution is 0.259. The molecule has 134 valence electrons. The van der Waals surface area contributed by atoms with Crippen molar-refractivity contribution in [2.75, 3.05) is 43.4 Å². The maximum atomic E-state index is 12.1. The zero-order valence-electron chi connectivity index (χ0n) is 14.8. The molecule has 0 atom stereocenters. The van der Waals surface area contributed by atoms with Gasteiger partial charge in [-0.15, -0.1) is 0 Å². The van der Waals surface area contributed by atoms with Crippen molar-refractivity contribution < 1.29 is 0 Å². The van der Waals surface area contributed by atoms with E-state index in [-0.39, 0.29) is 11.2 Å². The van der Waals surface area contributed by atoms with Crippen molar-refractivity contribution in [2.45, 2.75) is 6.42 Å². The van der Waals surface area contributed by atoms with E-state index in [2.05, 4.69) is 15.9 Å². The Morgan fingerprint density at radius 1 is 1.00 bits per heavy atom. The number of piperazine rings is 1. The minimum atomic E-state index is -0.288. The first-order chi connectivity index (χ1) is 12.0. The molecule has 25 heavy (non-hydrogen) atoms. The van der Waals surface area contributed by atoms with Gasteiger partial charge in [-0.1, -0.05) is 18.2 Å². The van der Waals surface area contributed by atoms with Gasteiger partial charge in [0, 0.05) is 58.6 Å². The highest BCUT2D eigenvalue weighted by Crippen LogP contribution is 2.15. The minimum Gasteiger partial charge on any atom is -0.399 e. The molecular weight excluding hydrogens is 318 g/mol. The summed E-state index contributed by atoms with van der Waals surface area (Å²) >= 11 is 0. The molecule has 0 unspecified atom stereocenters. The Morgan fingerprint density at radius 2 is 1.68 bits per heavy atom. The average Bonchev–Trinajstić information content (AvgIpc) is 2.63. The molecule has 1 aromatic heterocycles. The third-order valence-electron chi connectivity index (χ3n) is 4.95. The normalized spacial score (nSPS) is 15.5. The predicted molar refractivity (Wildman–Crippen MR) is 100 cm³/mol. The summed E-state index contributed by atoms with van der Waals surface area (Å²) in [6.45, 7) is 4.35. The van der Waals surface area contributed by atoms with Crippen molar-refractivity contribution in [3.8, 4) is 0 Å². The zero-order valence-corrected chi connectivity index (χ0v) is 14.8. The Morgan fingerprint density at radius 3 is 2.36 bits per heavy atom. The van der Waals surface area contributed by atoms with Crippen molar-refractivity contribution in [3.63, 3.8) is 0 Å². The highest BCUT2D eigenvalue weighted by atomic mass is 16.2.